The van der Waals surface area contributed by atoms with Gasteiger partial charge in [0.25, 0.3) is 0 Å². The molecule has 0 saturated carbocycles. The fourth-order valence-electron chi connectivity index (χ4n) is 8.27. The zero-order chi connectivity index (χ0) is 44.4. The number of carbonyl (C=O) groups excluding carboxylic acids is 2. The fraction of sp³-hybridized carbons (Fsp3) is 0.891. The van der Waals surface area contributed by atoms with E-state index in [0.717, 1.165) is 38.5 Å². The largest absolute Gasteiger partial charge is 0.466 e. The van der Waals surface area contributed by atoms with Crippen LogP contribution in [-0.2, 0) is 14.3 Å². The summed E-state index contributed by atoms with van der Waals surface area (Å²) in [6.07, 6.45) is 60.6. The normalized spacial score (nSPS) is 12.8. The highest BCUT2D eigenvalue weighted by molar-refractivity contribution is 5.76. The van der Waals surface area contributed by atoms with Crippen LogP contribution in [0.1, 0.15) is 290 Å². The first-order valence-corrected chi connectivity index (χ1v) is 27.1. The van der Waals surface area contributed by atoms with Gasteiger partial charge in [-0.3, -0.25) is 9.59 Å². The molecule has 2 atom stereocenters. The Balaban J connectivity index is 3.39. The van der Waals surface area contributed by atoms with E-state index in [1.165, 1.54) is 225 Å². The maximum Gasteiger partial charge on any atom is 0.305 e. The van der Waals surface area contributed by atoms with Gasteiger partial charge in [-0.2, -0.15) is 0 Å². The van der Waals surface area contributed by atoms with Gasteiger partial charge in [-0.15, -0.1) is 0 Å². The number of amides is 1. The number of nitrogens with one attached hydrogen (secondary N) is 1. The van der Waals surface area contributed by atoms with Crippen LogP contribution in [0.5, 0.6) is 0 Å². The van der Waals surface area contributed by atoms with E-state index in [9.17, 15) is 19.8 Å². The molecule has 2 unspecified atom stereocenters. The summed E-state index contributed by atoms with van der Waals surface area (Å²) in [5.41, 5.74) is 0. The Morgan fingerprint density at radius 1 is 0.443 bits per heavy atom. The van der Waals surface area contributed by atoms with Crippen molar-refractivity contribution in [2.45, 2.75) is 302 Å². The number of ether oxygens (including phenoxy) is 1. The molecule has 3 N–H and O–H groups in total. The van der Waals surface area contributed by atoms with E-state index in [-0.39, 0.29) is 18.5 Å². The molecular formula is C55H105NO5. The molecule has 0 heterocycles. The molecule has 0 aromatic carbocycles. The van der Waals surface area contributed by atoms with Crippen molar-refractivity contribution in [3.8, 4) is 0 Å². The topological polar surface area (TPSA) is 95.9 Å². The molecule has 6 heteroatoms. The molecule has 61 heavy (non-hydrogen) atoms. The molecule has 0 rings (SSSR count). The van der Waals surface area contributed by atoms with Crippen molar-refractivity contribution in [1.82, 2.24) is 5.32 Å². The average Bonchev–Trinajstić information content (AvgIpc) is 3.26. The number of esters is 1. The first-order chi connectivity index (χ1) is 30.0. The lowest BCUT2D eigenvalue weighted by molar-refractivity contribution is -0.143. The number of allylic oxidation sites excluding steroid dienone is 3. The van der Waals surface area contributed by atoms with Gasteiger partial charge < -0.3 is 20.3 Å². The van der Waals surface area contributed by atoms with Crippen LogP contribution in [0, 0.1) is 0 Å². The van der Waals surface area contributed by atoms with Crippen LogP contribution in [0.2, 0.25) is 0 Å². The molecule has 1 amide bonds. The Morgan fingerprint density at radius 3 is 1.16 bits per heavy atom. The van der Waals surface area contributed by atoms with E-state index in [1.54, 1.807) is 6.08 Å². The van der Waals surface area contributed by atoms with E-state index in [1.807, 2.05) is 6.08 Å². The van der Waals surface area contributed by atoms with Crippen LogP contribution in [-0.4, -0.2) is 47.4 Å². The highest BCUT2D eigenvalue weighted by Gasteiger charge is 2.18. The van der Waals surface area contributed by atoms with Gasteiger partial charge in [0, 0.05) is 12.8 Å². The maximum atomic E-state index is 12.4. The van der Waals surface area contributed by atoms with Crippen molar-refractivity contribution >= 4 is 11.9 Å². The van der Waals surface area contributed by atoms with Gasteiger partial charge >= 0.3 is 5.97 Å². The second-order valence-corrected chi connectivity index (χ2v) is 18.6. The third-order valence-corrected chi connectivity index (χ3v) is 12.5. The lowest BCUT2D eigenvalue weighted by Gasteiger charge is -2.20. The lowest BCUT2D eigenvalue weighted by atomic mass is 10.0. The molecule has 0 aliphatic carbocycles. The van der Waals surface area contributed by atoms with E-state index < -0.39 is 12.1 Å². The Kier molecular flexibility index (Phi) is 49.6. The van der Waals surface area contributed by atoms with Crippen LogP contribution >= 0.6 is 0 Å². The van der Waals surface area contributed by atoms with Gasteiger partial charge in [0.2, 0.25) is 5.91 Å². The van der Waals surface area contributed by atoms with Gasteiger partial charge in [-0.1, -0.05) is 244 Å². The second-order valence-electron chi connectivity index (χ2n) is 18.6. The number of hydrogen-bond donors (Lipinski definition) is 3. The molecule has 0 aliphatic rings. The van der Waals surface area contributed by atoms with Gasteiger partial charge in [-0.05, 0) is 57.8 Å². The summed E-state index contributed by atoms with van der Waals surface area (Å²) in [6, 6.07) is -0.628. The molecule has 0 radical (unpaired) electrons. The Bertz CT molecular complexity index is 951. The van der Waals surface area contributed by atoms with Crippen molar-refractivity contribution in [2.24, 2.45) is 0 Å². The smallest absolute Gasteiger partial charge is 0.305 e. The van der Waals surface area contributed by atoms with Crippen LogP contribution in [0.4, 0.5) is 0 Å². The van der Waals surface area contributed by atoms with Crippen LogP contribution in [0.25, 0.3) is 0 Å². The molecule has 360 valence electrons. The van der Waals surface area contributed by atoms with Gasteiger partial charge in [-0.25, -0.2) is 0 Å². The van der Waals surface area contributed by atoms with Crippen molar-refractivity contribution in [3.63, 3.8) is 0 Å². The Labute approximate surface area is 380 Å². The summed E-state index contributed by atoms with van der Waals surface area (Å²) in [4.78, 5) is 24.3. The predicted octanol–water partition coefficient (Wildman–Crippen LogP) is 16.3. The number of aliphatic hydroxyl groups excluding tert-OH is 2. The molecule has 6 nitrogen and oxygen atoms in total. The van der Waals surface area contributed by atoms with Crippen molar-refractivity contribution in [3.05, 3.63) is 24.3 Å². The van der Waals surface area contributed by atoms with Crippen LogP contribution < -0.4 is 5.32 Å². The minimum atomic E-state index is -0.844. The summed E-state index contributed by atoms with van der Waals surface area (Å²) in [7, 11) is 0. The number of aliphatic hydroxyl groups is 2. The number of rotatable bonds is 50. The first-order valence-electron chi connectivity index (χ1n) is 27.1. The van der Waals surface area contributed by atoms with Crippen molar-refractivity contribution in [1.29, 1.82) is 0 Å². The third-order valence-electron chi connectivity index (χ3n) is 12.5. The molecule has 0 aromatic heterocycles. The standard InChI is InChI=1S/C55H105NO5/c1-3-5-7-9-11-13-28-33-37-41-45-49-55(60)61-50-46-42-38-34-30-27-25-23-21-19-17-15-14-16-18-20-22-24-26-29-32-36-40-44-48-54(59)56-52(51-57)53(58)47-43-39-35-31-12-10-8-6-4-2/h16,18,43,47,52-53,57-58H,3-15,17,19-42,44-46,48-51H2,1-2H3,(H,56,59)/b18-16-,47-43+. The zero-order valence-corrected chi connectivity index (χ0v) is 40.9. The second kappa shape index (κ2) is 51.0. The third kappa shape index (κ3) is 47.7. The quantitative estimate of drug-likeness (QED) is 0.0322. The highest BCUT2D eigenvalue weighted by Crippen LogP contribution is 2.16. The van der Waals surface area contributed by atoms with E-state index >= 15 is 0 Å². The van der Waals surface area contributed by atoms with E-state index in [0.29, 0.717) is 19.4 Å². The van der Waals surface area contributed by atoms with Gasteiger partial charge in [0.1, 0.15) is 0 Å². The zero-order valence-electron chi connectivity index (χ0n) is 40.9. The van der Waals surface area contributed by atoms with Crippen LogP contribution in [0.3, 0.4) is 0 Å². The van der Waals surface area contributed by atoms with Gasteiger partial charge in [0.05, 0.1) is 25.4 Å². The molecule has 0 bridgehead atoms. The molecule has 0 spiro atoms. The SMILES string of the molecule is CCCCCCCCC/C=C/C(O)C(CO)NC(=O)CCCCCCCCCC/C=C\CCCCCCCCCCCCCCOC(=O)CCCCCCCCCCCCC. The number of hydrogen-bond acceptors (Lipinski definition) is 5. The van der Waals surface area contributed by atoms with Crippen molar-refractivity contribution in [2.75, 3.05) is 13.2 Å². The maximum absolute atomic E-state index is 12.4. The van der Waals surface area contributed by atoms with Gasteiger partial charge in [0.15, 0.2) is 0 Å². The summed E-state index contributed by atoms with van der Waals surface area (Å²) in [6.45, 7) is 4.87. The first kappa shape index (κ1) is 59.3. The Morgan fingerprint density at radius 2 is 0.770 bits per heavy atom. The Hall–Kier alpha value is -1.66. The monoisotopic (exact) mass is 860 g/mol. The molecule has 0 fully saturated rings. The van der Waals surface area contributed by atoms with Crippen molar-refractivity contribution < 1.29 is 24.5 Å². The lowest BCUT2D eigenvalue weighted by Crippen LogP contribution is -2.45. The van der Waals surface area contributed by atoms with E-state index in [4.69, 9.17) is 4.74 Å². The summed E-state index contributed by atoms with van der Waals surface area (Å²) in [5.74, 6) is -0.0639. The predicted molar refractivity (Wildman–Crippen MR) is 264 cm³/mol. The molecule has 0 aliphatic heterocycles. The minimum Gasteiger partial charge on any atom is -0.466 e. The van der Waals surface area contributed by atoms with E-state index in [2.05, 4.69) is 31.3 Å². The number of carbonyl (C=O) groups is 2. The number of unbranched alkanes of at least 4 members (excludes halogenated alkanes) is 37. The summed E-state index contributed by atoms with van der Waals surface area (Å²) >= 11 is 0. The minimum absolute atomic E-state index is 0.0113. The summed E-state index contributed by atoms with van der Waals surface area (Å²) in [5, 5.41) is 22.9. The highest BCUT2D eigenvalue weighted by atomic mass is 16.5. The fourth-order valence-corrected chi connectivity index (χ4v) is 8.27. The molecule has 0 saturated heterocycles. The average molecular weight is 860 g/mol. The molecule has 0 aromatic rings. The molecular weight excluding hydrogens is 755 g/mol. The summed E-state index contributed by atoms with van der Waals surface area (Å²) < 4.78 is 5.46. The van der Waals surface area contributed by atoms with Crippen LogP contribution in [0.15, 0.2) is 24.3 Å².